The Bertz CT molecular complexity index is 340. The van der Waals surface area contributed by atoms with Gasteiger partial charge in [0.1, 0.15) is 5.76 Å². The van der Waals surface area contributed by atoms with Gasteiger partial charge < -0.3 is 4.74 Å². The summed E-state index contributed by atoms with van der Waals surface area (Å²) in [7, 11) is 0. The average molecular weight is 268 g/mol. The lowest BCUT2D eigenvalue weighted by atomic mass is 10.0. The van der Waals surface area contributed by atoms with Crippen molar-refractivity contribution in [2.45, 2.75) is 49.2 Å². The molecule has 2 aliphatic heterocycles. The fourth-order valence-electron chi connectivity index (χ4n) is 2.70. The van der Waals surface area contributed by atoms with Crippen LogP contribution in [0, 0.1) is 0 Å². The van der Waals surface area contributed by atoms with E-state index in [0.29, 0.717) is 0 Å². The van der Waals surface area contributed by atoms with E-state index in [0.717, 1.165) is 6.42 Å². The minimum Gasteiger partial charge on any atom is -0.468 e. The summed E-state index contributed by atoms with van der Waals surface area (Å²) in [6.07, 6.45) is 13.8. The van der Waals surface area contributed by atoms with Crippen LogP contribution in [0.2, 0.25) is 0 Å². The summed E-state index contributed by atoms with van der Waals surface area (Å²) in [5.74, 6) is 3.74. The highest BCUT2D eigenvalue weighted by molar-refractivity contribution is 8.21. The standard InChI is InChI=1S/C14H20OS2/c1-2-4-6-12-8-9-14(16-10-11-17-14)15-13(12)7-5-3-1/h8-9H,1-7,10-11H2. The molecular formula is C14H20OS2. The summed E-state index contributed by atoms with van der Waals surface area (Å²) in [5, 5.41) is 0. The van der Waals surface area contributed by atoms with Crippen molar-refractivity contribution in [1.29, 1.82) is 0 Å². The van der Waals surface area contributed by atoms with Gasteiger partial charge in [-0.25, -0.2) is 0 Å². The minimum atomic E-state index is -0.0626. The van der Waals surface area contributed by atoms with E-state index in [1.165, 1.54) is 61.4 Å². The highest BCUT2D eigenvalue weighted by Crippen LogP contribution is 2.50. The SMILES string of the molecule is C1=CC2(OC3=C1CCCCCCC3)SCCS2. The molecule has 94 valence electrons. The molecule has 3 heteroatoms. The molecule has 0 saturated carbocycles. The van der Waals surface area contributed by atoms with E-state index in [1.807, 2.05) is 23.5 Å². The first-order valence-corrected chi connectivity index (χ1v) is 8.73. The Morgan fingerprint density at radius 3 is 2.47 bits per heavy atom. The Kier molecular flexibility index (Phi) is 3.76. The van der Waals surface area contributed by atoms with Gasteiger partial charge in [-0.2, -0.15) is 0 Å². The maximum atomic E-state index is 6.35. The van der Waals surface area contributed by atoms with Crippen molar-refractivity contribution >= 4 is 23.5 Å². The third-order valence-corrected chi connectivity index (χ3v) is 6.68. The van der Waals surface area contributed by atoms with Gasteiger partial charge in [0.15, 0.2) is 0 Å². The van der Waals surface area contributed by atoms with E-state index >= 15 is 0 Å². The summed E-state index contributed by atoms with van der Waals surface area (Å²) in [6.45, 7) is 0. The Balaban J connectivity index is 1.77. The van der Waals surface area contributed by atoms with Crippen molar-refractivity contribution in [1.82, 2.24) is 0 Å². The third kappa shape index (κ3) is 2.70. The third-order valence-electron chi connectivity index (χ3n) is 3.65. The van der Waals surface area contributed by atoms with Crippen molar-refractivity contribution in [3.8, 4) is 0 Å². The fourth-order valence-corrected chi connectivity index (χ4v) is 5.41. The Hall–Kier alpha value is -0.0200. The predicted octanol–water partition coefficient (Wildman–Crippen LogP) is 4.71. The monoisotopic (exact) mass is 268 g/mol. The molecule has 2 heterocycles. The first kappa shape index (κ1) is 12.0. The Morgan fingerprint density at radius 1 is 0.941 bits per heavy atom. The summed E-state index contributed by atoms with van der Waals surface area (Å²) in [4.78, 5) is 0. The average Bonchev–Trinajstić information content (AvgIpc) is 2.81. The van der Waals surface area contributed by atoms with E-state index in [9.17, 15) is 0 Å². The zero-order chi connectivity index (χ0) is 11.6. The van der Waals surface area contributed by atoms with Crippen LogP contribution in [0.5, 0.6) is 0 Å². The van der Waals surface area contributed by atoms with E-state index in [-0.39, 0.29) is 4.27 Å². The van der Waals surface area contributed by atoms with Gasteiger partial charge in [0.05, 0.1) is 0 Å². The van der Waals surface area contributed by atoms with E-state index in [1.54, 1.807) is 0 Å². The molecule has 1 fully saturated rings. The fraction of sp³-hybridized carbons (Fsp3) is 0.714. The van der Waals surface area contributed by atoms with Gasteiger partial charge in [-0.3, -0.25) is 0 Å². The lowest BCUT2D eigenvalue weighted by Gasteiger charge is -2.31. The molecule has 3 aliphatic rings. The quantitative estimate of drug-likeness (QED) is 0.630. The molecule has 0 bridgehead atoms. The second-order valence-corrected chi connectivity index (χ2v) is 7.82. The zero-order valence-electron chi connectivity index (χ0n) is 10.2. The van der Waals surface area contributed by atoms with Crippen LogP contribution in [0.1, 0.15) is 44.9 Å². The first-order valence-electron chi connectivity index (χ1n) is 6.76. The largest absolute Gasteiger partial charge is 0.468 e. The van der Waals surface area contributed by atoms with Crippen LogP contribution in [-0.4, -0.2) is 15.8 Å². The van der Waals surface area contributed by atoms with Crippen molar-refractivity contribution in [3.63, 3.8) is 0 Å². The van der Waals surface area contributed by atoms with Gasteiger partial charge in [-0.05, 0) is 30.9 Å². The number of thioether (sulfide) groups is 2. The number of allylic oxidation sites excluding steroid dienone is 3. The van der Waals surface area contributed by atoms with E-state index in [4.69, 9.17) is 4.74 Å². The Morgan fingerprint density at radius 2 is 1.65 bits per heavy atom. The molecule has 3 rings (SSSR count). The molecule has 1 spiro atoms. The molecule has 0 N–H and O–H groups in total. The first-order chi connectivity index (χ1) is 8.38. The molecule has 0 aromatic carbocycles. The number of ether oxygens (including phenoxy) is 1. The van der Waals surface area contributed by atoms with Crippen LogP contribution in [0.3, 0.4) is 0 Å². The summed E-state index contributed by atoms with van der Waals surface area (Å²) in [5.41, 5.74) is 1.48. The van der Waals surface area contributed by atoms with Crippen molar-refractivity contribution in [2.24, 2.45) is 0 Å². The lowest BCUT2D eigenvalue weighted by Crippen LogP contribution is -2.22. The van der Waals surface area contributed by atoms with Gasteiger partial charge >= 0.3 is 0 Å². The van der Waals surface area contributed by atoms with E-state index in [2.05, 4.69) is 12.2 Å². The molecular weight excluding hydrogens is 248 g/mol. The van der Waals surface area contributed by atoms with Gasteiger partial charge in [0.2, 0.25) is 4.27 Å². The summed E-state index contributed by atoms with van der Waals surface area (Å²) >= 11 is 3.92. The molecule has 17 heavy (non-hydrogen) atoms. The Labute approximate surface area is 112 Å². The number of hydrogen-bond donors (Lipinski definition) is 0. The lowest BCUT2D eigenvalue weighted by molar-refractivity contribution is 0.178. The molecule has 1 nitrogen and oxygen atoms in total. The summed E-state index contributed by atoms with van der Waals surface area (Å²) < 4.78 is 6.29. The molecule has 0 amide bonds. The predicted molar refractivity (Wildman–Crippen MR) is 77.2 cm³/mol. The van der Waals surface area contributed by atoms with Crippen LogP contribution in [0.4, 0.5) is 0 Å². The highest BCUT2D eigenvalue weighted by Gasteiger charge is 2.38. The van der Waals surface area contributed by atoms with Crippen LogP contribution in [0.25, 0.3) is 0 Å². The van der Waals surface area contributed by atoms with Crippen molar-refractivity contribution < 1.29 is 4.74 Å². The smallest absolute Gasteiger partial charge is 0.220 e. The van der Waals surface area contributed by atoms with Crippen molar-refractivity contribution in [3.05, 3.63) is 23.5 Å². The maximum absolute atomic E-state index is 6.35. The highest BCUT2D eigenvalue weighted by atomic mass is 32.2. The van der Waals surface area contributed by atoms with Gasteiger partial charge in [-0.1, -0.05) is 48.9 Å². The topological polar surface area (TPSA) is 9.23 Å². The van der Waals surface area contributed by atoms with Crippen LogP contribution >= 0.6 is 23.5 Å². The molecule has 1 aliphatic carbocycles. The second-order valence-electron chi connectivity index (χ2n) is 4.95. The number of rotatable bonds is 0. The zero-order valence-corrected chi connectivity index (χ0v) is 11.9. The molecule has 1 saturated heterocycles. The van der Waals surface area contributed by atoms with Gasteiger partial charge in [0.25, 0.3) is 0 Å². The van der Waals surface area contributed by atoms with Gasteiger partial charge in [0, 0.05) is 17.9 Å². The van der Waals surface area contributed by atoms with Crippen molar-refractivity contribution in [2.75, 3.05) is 11.5 Å². The van der Waals surface area contributed by atoms with Crippen LogP contribution in [0.15, 0.2) is 23.5 Å². The normalized spacial score (nSPS) is 28.2. The van der Waals surface area contributed by atoms with Crippen LogP contribution in [-0.2, 0) is 4.74 Å². The van der Waals surface area contributed by atoms with E-state index < -0.39 is 0 Å². The molecule has 0 radical (unpaired) electrons. The summed E-state index contributed by atoms with van der Waals surface area (Å²) in [6, 6.07) is 0. The molecule has 0 aromatic rings. The van der Waals surface area contributed by atoms with Gasteiger partial charge in [-0.15, -0.1) is 0 Å². The van der Waals surface area contributed by atoms with Crippen LogP contribution < -0.4 is 0 Å². The maximum Gasteiger partial charge on any atom is 0.220 e. The number of hydrogen-bond acceptors (Lipinski definition) is 3. The molecule has 0 atom stereocenters. The molecule has 0 aromatic heterocycles. The molecule has 0 unspecified atom stereocenters. The second kappa shape index (κ2) is 5.31. The minimum absolute atomic E-state index is 0.0626.